The molecule has 0 aliphatic carbocycles. The lowest BCUT2D eigenvalue weighted by Gasteiger charge is -2.21. The van der Waals surface area contributed by atoms with Crippen LogP contribution in [0.25, 0.3) is 0 Å². The zero-order valence-corrected chi connectivity index (χ0v) is 10.4. The van der Waals surface area contributed by atoms with Crippen molar-refractivity contribution in [3.63, 3.8) is 0 Å². The number of aliphatic hydroxyl groups is 1. The van der Waals surface area contributed by atoms with Crippen LogP contribution in [0, 0.1) is 5.92 Å². The molecule has 2 N–H and O–H groups in total. The summed E-state index contributed by atoms with van der Waals surface area (Å²) in [6.45, 7) is 2.09. The SMILES string of the molecule is COc1ccc(C(O)C2CCCNCC2)cc1. The highest BCUT2D eigenvalue weighted by Crippen LogP contribution is 2.30. The summed E-state index contributed by atoms with van der Waals surface area (Å²) >= 11 is 0. The number of ether oxygens (including phenoxy) is 1. The first-order valence-electron chi connectivity index (χ1n) is 6.34. The lowest BCUT2D eigenvalue weighted by Crippen LogP contribution is -2.16. The maximum Gasteiger partial charge on any atom is 0.118 e. The molecule has 1 aliphatic heterocycles. The Kier molecular flexibility index (Phi) is 4.40. The van der Waals surface area contributed by atoms with E-state index in [4.69, 9.17) is 4.74 Å². The smallest absolute Gasteiger partial charge is 0.118 e. The van der Waals surface area contributed by atoms with Gasteiger partial charge in [0.2, 0.25) is 0 Å². The van der Waals surface area contributed by atoms with Crippen LogP contribution < -0.4 is 10.1 Å². The normalized spacial score (nSPS) is 22.8. The quantitative estimate of drug-likeness (QED) is 0.843. The Morgan fingerprint density at radius 3 is 2.71 bits per heavy atom. The lowest BCUT2D eigenvalue weighted by atomic mass is 9.90. The first-order valence-corrected chi connectivity index (χ1v) is 6.34. The van der Waals surface area contributed by atoms with E-state index in [1.165, 1.54) is 0 Å². The van der Waals surface area contributed by atoms with E-state index in [0.29, 0.717) is 5.92 Å². The minimum Gasteiger partial charge on any atom is -0.497 e. The number of benzene rings is 1. The molecule has 2 rings (SSSR count). The molecule has 1 heterocycles. The first kappa shape index (κ1) is 12.4. The molecule has 1 aliphatic rings. The molecule has 1 saturated heterocycles. The first-order chi connectivity index (χ1) is 8.31. The monoisotopic (exact) mass is 235 g/mol. The van der Waals surface area contributed by atoms with Crippen molar-refractivity contribution in [3.8, 4) is 5.75 Å². The standard InChI is InChI=1S/C14H21NO2/c1-17-13-6-4-12(5-7-13)14(16)11-3-2-9-15-10-8-11/h4-7,11,14-16H,2-3,8-10H2,1H3. The Morgan fingerprint density at radius 2 is 2.00 bits per heavy atom. The van der Waals surface area contributed by atoms with Crippen LogP contribution in [-0.4, -0.2) is 25.3 Å². The molecule has 1 aromatic rings. The molecule has 1 aromatic carbocycles. The highest BCUT2D eigenvalue weighted by molar-refractivity contribution is 5.28. The molecular formula is C14H21NO2. The van der Waals surface area contributed by atoms with Crippen molar-refractivity contribution in [2.24, 2.45) is 5.92 Å². The topological polar surface area (TPSA) is 41.5 Å². The van der Waals surface area contributed by atoms with Crippen LogP contribution >= 0.6 is 0 Å². The minimum atomic E-state index is -0.346. The molecule has 0 bridgehead atoms. The Hall–Kier alpha value is -1.06. The molecule has 3 heteroatoms. The van der Waals surface area contributed by atoms with Gasteiger partial charge in [0, 0.05) is 0 Å². The molecule has 0 saturated carbocycles. The average molecular weight is 235 g/mol. The summed E-state index contributed by atoms with van der Waals surface area (Å²) in [6, 6.07) is 7.74. The highest BCUT2D eigenvalue weighted by atomic mass is 16.5. The molecule has 0 amide bonds. The van der Waals surface area contributed by atoms with Crippen molar-refractivity contribution < 1.29 is 9.84 Å². The summed E-state index contributed by atoms with van der Waals surface area (Å²) in [5, 5.41) is 13.7. The van der Waals surface area contributed by atoms with E-state index in [0.717, 1.165) is 43.7 Å². The molecule has 2 atom stereocenters. The van der Waals surface area contributed by atoms with E-state index in [1.54, 1.807) is 7.11 Å². The van der Waals surface area contributed by atoms with Crippen LogP contribution in [0.3, 0.4) is 0 Å². The Balaban J connectivity index is 2.03. The van der Waals surface area contributed by atoms with Gasteiger partial charge in [0.25, 0.3) is 0 Å². The fraction of sp³-hybridized carbons (Fsp3) is 0.571. The van der Waals surface area contributed by atoms with E-state index in [-0.39, 0.29) is 6.10 Å². The van der Waals surface area contributed by atoms with Gasteiger partial charge >= 0.3 is 0 Å². The van der Waals surface area contributed by atoms with Crippen LogP contribution in [0.2, 0.25) is 0 Å². The van der Waals surface area contributed by atoms with Crippen LogP contribution in [0.1, 0.15) is 30.9 Å². The van der Waals surface area contributed by atoms with Gasteiger partial charge in [-0.1, -0.05) is 12.1 Å². The maximum atomic E-state index is 10.4. The van der Waals surface area contributed by atoms with Gasteiger partial charge in [0.15, 0.2) is 0 Å². The number of nitrogens with one attached hydrogen (secondary N) is 1. The van der Waals surface area contributed by atoms with Gasteiger partial charge in [-0.3, -0.25) is 0 Å². The predicted molar refractivity (Wildman–Crippen MR) is 68.2 cm³/mol. The molecule has 17 heavy (non-hydrogen) atoms. The highest BCUT2D eigenvalue weighted by Gasteiger charge is 2.21. The lowest BCUT2D eigenvalue weighted by molar-refractivity contribution is 0.101. The second-order valence-electron chi connectivity index (χ2n) is 4.66. The summed E-state index contributed by atoms with van der Waals surface area (Å²) in [6.07, 6.45) is 2.95. The molecule has 2 unspecified atom stereocenters. The fourth-order valence-electron chi connectivity index (χ4n) is 2.44. The predicted octanol–water partition coefficient (Wildman–Crippen LogP) is 2.12. The summed E-state index contributed by atoms with van der Waals surface area (Å²) in [5.41, 5.74) is 0.998. The zero-order chi connectivity index (χ0) is 12.1. The van der Waals surface area contributed by atoms with Crippen molar-refractivity contribution in [2.75, 3.05) is 20.2 Å². The summed E-state index contributed by atoms with van der Waals surface area (Å²) in [4.78, 5) is 0. The number of aliphatic hydroxyl groups excluding tert-OH is 1. The fourth-order valence-corrected chi connectivity index (χ4v) is 2.44. The summed E-state index contributed by atoms with van der Waals surface area (Å²) in [5.74, 6) is 1.21. The number of rotatable bonds is 3. The Labute approximate surface area is 103 Å². The van der Waals surface area contributed by atoms with E-state index in [1.807, 2.05) is 24.3 Å². The second kappa shape index (κ2) is 6.03. The molecular weight excluding hydrogens is 214 g/mol. The van der Waals surface area contributed by atoms with Crippen molar-refractivity contribution in [1.82, 2.24) is 5.32 Å². The third-order valence-electron chi connectivity index (χ3n) is 3.52. The van der Waals surface area contributed by atoms with Crippen LogP contribution in [0.15, 0.2) is 24.3 Å². The van der Waals surface area contributed by atoms with Crippen molar-refractivity contribution in [2.45, 2.75) is 25.4 Å². The van der Waals surface area contributed by atoms with E-state index in [2.05, 4.69) is 5.32 Å². The van der Waals surface area contributed by atoms with Gasteiger partial charge in [-0.05, 0) is 56.0 Å². The zero-order valence-electron chi connectivity index (χ0n) is 10.4. The average Bonchev–Trinajstić information content (AvgIpc) is 2.67. The summed E-state index contributed by atoms with van der Waals surface area (Å²) in [7, 11) is 1.66. The van der Waals surface area contributed by atoms with E-state index in [9.17, 15) is 5.11 Å². The van der Waals surface area contributed by atoms with Crippen molar-refractivity contribution in [3.05, 3.63) is 29.8 Å². The molecule has 94 valence electrons. The largest absolute Gasteiger partial charge is 0.497 e. The Morgan fingerprint density at radius 1 is 1.24 bits per heavy atom. The third kappa shape index (κ3) is 3.20. The van der Waals surface area contributed by atoms with Crippen molar-refractivity contribution >= 4 is 0 Å². The second-order valence-corrected chi connectivity index (χ2v) is 4.66. The Bertz CT molecular complexity index is 329. The number of hydrogen-bond acceptors (Lipinski definition) is 3. The van der Waals surface area contributed by atoms with Gasteiger partial charge in [-0.2, -0.15) is 0 Å². The third-order valence-corrected chi connectivity index (χ3v) is 3.52. The van der Waals surface area contributed by atoms with Crippen LogP contribution in [0.4, 0.5) is 0 Å². The minimum absolute atomic E-state index is 0.346. The molecule has 0 aromatic heterocycles. The van der Waals surface area contributed by atoms with Crippen LogP contribution in [0.5, 0.6) is 5.75 Å². The van der Waals surface area contributed by atoms with E-state index < -0.39 is 0 Å². The van der Waals surface area contributed by atoms with Gasteiger partial charge < -0.3 is 15.2 Å². The van der Waals surface area contributed by atoms with Crippen LogP contribution in [-0.2, 0) is 0 Å². The molecule has 3 nitrogen and oxygen atoms in total. The van der Waals surface area contributed by atoms with Gasteiger partial charge in [0.1, 0.15) is 5.75 Å². The number of hydrogen-bond donors (Lipinski definition) is 2. The van der Waals surface area contributed by atoms with Gasteiger partial charge in [-0.15, -0.1) is 0 Å². The summed E-state index contributed by atoms with van der Waals surface area (Å²) < 4.78 is 5.12. The van der Waals surface area contributed by atoms with Gasteiger partial charge in [-0.25, -0.2) is 0 Å². The number of methoxy groups -OCH3 is 1. The van der Waals surface area contributed by atoms with Crippen molar-refractivity contribution in [1.29, 1.82) is 0 Å². The van der Waals surface area contributed by atoms with E-state index >= 15 is 0 Å². The maximum absolute atomic E-state index is 10.4. The molecule has 0 spiro atoms. The molecule has 0 radical (unpaired) electrons. The molecule has 1 fully saturated rings. The van der Waals surface area contributed by atoms with Gasteiger partial charge in [0.05, 0.1) is 13.2 Å².